The molecule has 0 aliphatic rings. The number of unbranched alkanes of at least 4 members (excludes halogenated alkanes) is 13. The van der Waals surface area contributed by atoms with Crippen molar-refractivity contribution in [3.8, 4) is 0 Å². The largest absolute Gasteiger partial charge is 0.756 e. The maximum atomic E-state index is 12.9. The van der Waals surface area contributed by atoms with Gasteiger partial charge in [0.05, 0.1) is 39.9 Å². The Bertz CT molecular complexity index is 1690. The summed E-state index contributed by atoms with van der Waals surface area (Å²) in [5.41, 5.74) is 0. The van der Waals surface area contributed by atoms with Crippen LogP contribution in [0.4, 0.5) is 0 Å². The molecule has 0 spiro atoms. The van der Waals surface area contributed by atoms with Gasteiger partial charge in [-0.25, -0.2) is 0 Å². The van der Waals surface area contributed by atoms with E-state index in [0.29, 0.717) is 23.9 Å². The molecule has 0 saturated heterocycles. The van der Waals surface area contributed by atoms with E-state index in [1.165, 1.54) is 44.9 Å². The van der Waals surface area contributed by atoms with Crippen LogP contribution in [0.3, 0.4) is 0 Å². The second kappa shape index (κ2) is 53.2. The number of hydrogen-bond donors (Lipinski definition) is 2. The molecule has 1 amide bonds. The lowest BCUT2D eigenvalue weighted by atomic mass is 10.0. The SMILES string of the molecule is CC/C=C\C/C=C\C/C=C\C/C=C\C/C=C\C/C=C\C/C=C\C/C=C\C/C=C\C/C=C\C/C=C\C/C=C\CCCCCCC(=O)NC(COP(=O)([O-])OCC[N+](C)(C)C)C(O)CCCCCCCCCCCC. The number of carbonyl (C=O) groups excluding carboxylic acids is 1. The molecule has 9 heteroatoms. The standard InChI is InChI=1S/C64H107N2O6P/c1-6-8-10-12-14-16-18-19-20-21-22-23-24-25-26-27-28-29-30-31-32-33-34-35-36-37-38-39-40-41-42-43-44-45-46-47-48-50-52-54-56-58-64(68)65-62(61-72-73(69,70)71-60-59-66(3,4)5)63(67)57-55-53-51-49-17-15-13-11-9-7-2/h8,10,14,16,19-20,22-23,25-26,28-29,31-32,34-35,37-38,40-41,43-44,46-47,62-63,67H,6-7,9,11-13,15,17-18,21,24,27,30,33,36,39,42,45,48-61H2,1-5H3,(H-,65,68,69,70)/b10-8-,16-14-,20-19-,23-22-,26-25-,29-28-,32-31-,35-34-,38-37-,41-40-,44-43-,47-46-. The van der Waals surface area contributed by atoms with E-state index in [0.717, 1.165) is 128 Å². The number of hydrogen-bond acceptors (Lipinski definition) is 6. The van der Waals surface area contributed by atoms with Gasteiger partial charge in [-0.1, -0.05) is 237 Å². The smallest absolute Gasteiger partial charge is 0.268 e. The number of amides is 1. The van der Waals surface area contributed by atoms with Crippen LogP contribution in [0.2, 0.25) is 0 Å². The van der Waals surface area contributed by atoms with Crippen molar-refractivity contribution in [2.24, 2.45) is 0 Å². The van der Waals surface area contributed by atoms with Crippen LogP contribution >= 0.6 is 7.82 Å². The van der Waals surface area contributed by atoms with Crippen molar-refractivity contribution in [1.82, 2.24) is 5.32 Å². The highest BCUT2D eigenvalue weighted by atomic mass is 31.2. The minimum atomic E-state index is -4.58. The third-order valence-electron chi connectivity index (χ3n) is 11.8. The van der Waals surface area contributed by atoms with Gasteiger partial charge in [0, 0.05) is 6.42 Å². The van der Waals surface area contributed by atoms with E-state index in [9.17, 15) is 19.4 Å². The quantitative estimate of drug-likeness (QED) is 0.0272. The summed E-state index contributed by atoms with van der Waals surface area (Å²) < 4.78 is 23.3. The number of phosphoric acid groups is 1. The normalized spacial score (nSPS) is 15.0. The lowest BCUT2D eigenvalue weighted by molar-refractivity contribution is -0.870. The molecule has 73 heavy (non-hydrogen) atoms. The van der Waals surface area contributed by atoms with Gasteiger partial charge in [0.1, 0.15) is 13.2 Å². The summed E-state index contributed by atoms with van der Waals surface area (Å²) in [4.78, 5) is 25.4. The van der Waals surface area contributed by atoms with Crippen LogP contribution in [0.15, 0.2) is 146 Å². The Morgan fingerprint density at radius 2 is 0.836 bits per heavy atom. The average Bonchev–Trinajstić information content (AvgIpc) is 3.35. The fraction of sp³-hybridized carbons (Fsp3) is 0.609. The van der Waals surface area contributed by atoms with Crippen molar-refractivity contribution in [3.05, 3.63) is 146 Å². The van der Waals surface area contributed by atoms with E-state index in [4.69, 9.17) is 9.05 Å². The summed E-state index contributed by atoms with van der Waals surface area (Å²) in [6.45, 7) is 4.54. The molecule has 0 aliphatic heterocycles. The van der Waals surface area contributed by atoms with Crippen molar-refractivity contribution in [2.45, 2.75) is 212 Å². The molecular formula is C64H107N2O6P. The summed E-state index contributed by atoms with van der Waals surface area (Å²) in [6, 6.07) is -0.823. The van der Waals surface area contributed by atoms with Crippen LogP contribution in [0, 0.1) is 0 Å². The zero-order valence-corrected chi connectivity index (χ0v) is 47.9. The van der Waals surface area contributed by atoms with Crippen LogP contribution in [0.5, 0.6) is 0 Å². The van der Waals surface area contributed by atoms with Gasteiger partial charge >= 0.3 is 0 Å². The second-order valence-electron chi connectivity index (χ2n) is 19.9. The molecule has 3 unspecified atom stereocenters. The highest BCUT2D eigenvalue weighted by molar-refractivity contribution is 7.45. The fourth-order valence-corrected chi connectivity index (χ4v) is 8.10. The van der Waals surface area contributed by atoms with Gasteiger partial charge in [0.2, 0.25) is 5.91 Å². The van der Waals surface area contributed by atoms with Gasteiger partial charge in [-0.3, -0.25) is 9.36 Å². The van der Waals surface area contributed by atoms with Crippen LogP contribution in [-0.4, -0.2) is 68.5 Å². The van der Waals surface area contributed by atoms with E-state index in [-0.39, 0.29) is 19.1 Å². The number of carbonyl (C=O) groups is 1. The number of allylic oxidation sites excluding steroid dienone is 24. The molecule has 0 rings (SSSR count). The number of aliphatic hydroxyl groups excluding tert-OH is 1. The number of nitrogens with one attached hydrogen (secondary N) is 1. The Kier molecular flexibility index (Phi) is 50.6. The summed E-state index contributed by atoms with van der Waals surface area (Å²) >= 11 is 0. The monoisotopic (exact) mass is 1030 g/mol. The van der Waals surface area contributed by atoms with Crippen molar-refractivity contribution in [3.63, 3.8) is 0 Å². The molecule has 0 radical (unpaired) electrons. The first kappa shape index (κ1) is 69.4. The van der Waals surface area contributed by atoms with Crippen molar-refractivity contribution in [1.29, 1.82) is 0 Å². The van der Waals surface area contributed by atoms with Crippen LogP contribution < -0.4 is 10.2 Å². The van der Waals surface area contributed by atoms with E-state index >= 15 is 0 Å². The molecule has 0 fully saturated rings. The van der Waals surface area contributed by atoms with Crippen LogP contribution in [-0.2, 0) is 18.4 Å². The maximum Gasteiger partial charge on any atom is 0.268 e. The first-order chi connectivity index (χ1) is 35.5. The van der Waals surface area contributed by atoms with Gasteiger partial charge in [-0.05, 0) is 103 Å². The van der Waals surface area contributed by atoms with Gasteiger partial charge in [-0.15, -0.1) is 0 Å². The Morgan fingerprint density at radius 3 is 1.22 bits per heavy atom. The first-order valence-electron chi connectivity index (χ1n) is 28.7. The molecule has 3 atom stereocenters. The summed E-state index contributed by atoms with van der Waals surface area (Å²) in [7, 11) is 1.26. The molecule has 0 aromatic heterocycles. The number of rotatable bonds is 50. The molecule has 0 aliphatic carbocycles. The van der Waals surface area contributed by atoms with E-state index in [1.807, 2.05) is 21.1 Å². The summed E-state index contributed by atoms with van der Waals surface area (Å²) in [6.07, 6.45) is 81.8. The number of aliphatic hydroxyl groups is 1. The molecule has 0 aromatic carbocycles. The van der Waals surface area contributed by atoms with Crippen LogP contribution in [0.1, 0.15) is 200 Å². The third kappa shape index (κ3) is 56.0. The zero-order valence-electron chi connectivity index (χ0n) is 47.0. The Hall–Kier alpha value is -3.62. The van der Waals surface area contributed by atoms with Crippen molar-refractivity contribution in [2.75, 3.05) is 40.9 Å². The number of likely N-dealkylation sites (N-methyl/N-ethyl adjacent to an activating group) is 1. The average molecular weight is 1030 g/mol. The minimum absolute atomic E-state index is 0.000946. The maximum absolute atomic E-state index is 12.9. The van der Waals surface area contributed by atoms with Crippen molar-refractivity contribution < 1.29 is 32.9 Å². The molecule has 8 nitrogen and oxygen atoms in total. The predicted molar refractivity (Wildman–Crippen MR) is 315 cm³/mol. The zero-order chi connectivity index (χ0) is 53.5. The number of phosphoric ester groups is 1. The highest BCUT2D eigenvalue weighted by Gasteiger charge is 2.24. The van der Waals surface area contributed by atoms with E-state index in [2.05, 4.69) is 165 Å². The second-order valence-corrected chi connectivity index (χ2v) is 21.3. The van der Waals surface area contributed by atoms with Crippen LogP contribution in [0.25, 0.3) is 0 Å². The Morgan fingerprint density at radius 1 is 0.493 bits per heavy atom. The fourth-order valence-electron chi connectivity index (χ4n) is 7.37. The summed E-state index contributed by atoms with van der Waals surface area (Å²) in [5, 5.41) is 13.9. The van der Waals surface area contributed by atoms with Gasteiger partial charge in [0.15, 0.2) is 0 Å². The first-order valence-corrected chi connectivity index (χ1v) is 30.1. The molecule has 0 heterocycles. The summed E-state index contributed by atoms with van der Waals surface area (Å²) in [5.74, 6) is -0.198. The number of nitrogens with zero attached hydrogens (tertiary/aromatic N) is 1. The molecule has 414 valence electrons. The van der Waals surface area contributed by atoms with E-state index < -0.39 is 20.0 Å². The molecule has 2 N–H and O–H groups in total. The topological polar surface area (TPSA) is 108 Å². The van der Waals surface area contributed by atoms with Gasteiger partial charge in [0.25, 0.3) is 7.82 Å². The molecule has 0 aromatic rings. The van der Waals surface area contributed by atoms with Gasteiger partial charge in [-0.2, -0.15) is 0 Å². The predicted octanol–water partition coefficient (Wildman–Crippen LogP) is 17.1. The lowest BCUT2D eigenvalue weighted by Crippen LogP contribution is -2.46. The van der Waals surface area contributed by atoms with Crippen molar-refractivity contribution >= 4 is 13.7 Å². The van der Waals surface area contributed by atoms with E-state index in [1.54, 1.807) is 0 Å². The molecular weight excluding hydrogens is 924 g/mol. The minimum Gasteiger partial charge on any atom is -0.756 e. The Labute approximate surface area is 449 Å². The number of quaternary nitrogens is 1. The molecule has 0 saturated carbocycles. The third-order valence-corrected chi connectivity index (χ3v) is 12.8. The lowest BCUT2D eigenvalue weighted by Gasteiger charge is -2.30. The molecule has 0 bridgehead atoms. The Balaban J connectivity index is 4.13. The van der Waals surface area contributed by atoms with Gasteiger partial charge < -0.3 is 28.8 Å². The highest BCUT2D eigenvalue weighted by Crippen LogP contribution is 2.38.